The maximum atomic E-state index is 13.2. The predicted molar refractivity (Wildman–Crippen MR) is 129 cm³/mol. The average molecular weight is 495 g/mol. The van der Waals surface area contributed by atoms with E-state index in [1.807, 2.05) is 12.1 Å². The van der Waals surface area contributed by atoms with Crippen LogP contribution in [0.25, 0.3) is 6.08 Å². The first-order chi connectivity index (χ1) is 16.5. The zero-order chi connectivity index (χ0) is 23.9. The molecule has 0 aliphatic rings. The van der Waals surface area contributed by atoms with Crippen LogP contribution in [0, 0.1) is 5.82 Å². The highest BCUT2D eigenvalue weighted by Gasteiger charge is 2.05. The maximum absolute atomic E-state index is 13.2. The lowest BCUT2D eigenvalue weighted by Crippen LogP contribution is -1.98. The number of nitrogens with zero attached hydrogens (tertiary/aromatic N) is 2. The highest BCUT2D eigenvalue weighted by atomic mass is 35.5. The van der Waals surface area contributed by atoms with Crippen molar-refractivity contribution in [1.29, 1.82) is 0 Å². The van der Waals surface area contributed by atoms with Crippen LogP contribution in [-0.4, -0.2) is 16.0 Å². The predicted octanol–water partition coefficient (Wildman–Crippen LogP) is 7.19. The Balaban J connectivity index is 1.31. The molecule has 4 rings (SSSR count). The van der Waals surface area contributed by atoms with Gasteiger partial charge in [0, 0.05) is 11.6 Å². The molecule has 0 bridgehead atoms. The van der Waals surface area contributed by atoms with Gasteiger partial charge in [-0.3, -0.25) is 4.79 Å². The molecule has 1 aromatic heterocycles. The van der Waals surface area contributed by atoms with E-state index in [1.54, 1.807) is 60.7 Å². The summed E-state index contributed by atoms with van der Waals surface area (Å²) < 4.78 is 24.5. The van der Waals surface area contributed by atoms with Crippen molar-refractivity contribution < 1.29 is 18.7 Å². The highest BCUT2D eigenvalue weighted by molar-refractivity contribution is 6.30. The van der Waals surface area contributed by atoms with Gasteiger partial charge in [-0.15, -0.1) is 10.2 Å². The summed E-state index contributed by atoms with van der Waals surface area (Å²) in [6.45, 7) is 0.234. The largest absolute Gasteiger partial charge is 0.489 e. The lowest BCUT2D eigenvalue weighted by molar-refractivity contribution is 0.104. The monoisotopic (exact) mass is 494 g/mol. The van der Waals surface area contributed by atoms with E-state index in [4.69, 9.17) is 32.7 Å². The fourth-order valence-corrected chi connectivity index (χ4v) is 3.21. The van der Waals surface area contributed by atoms with E-state index in [9.17, 15) is 9.18 Å². The minimum Gasteiger partial charge on any atom is -0.489 e. The summed E-state index contributed by atoms with van der Waals surface area (Å²) in [5.41, 5.74) is 2.10. The third kappa shape index (κ3) is 6.41. The number of halogens is 3. The first-order valence-corrected chi connectivity index (χ1v) is 10.9. The maximum Gasteiger partial charge on any atom is 0.238 e. The van der Waals surface area contributed by atoms with E-state index in [2.05, 4.69) is 10.2 Å². The standard InChI is InChI=1S/C26H17Cl2FN2O3/c27-22-15-18(3-11-23(22)29)16-33-20-9-5-19(6-10-20)24(32)12-4-17-1-7-21(8-2-17)34-26-14-13-25(28)30-31-26/h1-15H,16H2/b12-4+. The van der Waals surface area contributed by atoms with E-state index < -0.39 is 5.82 Å². The Morgan fingerprint density at radius 1 is 0.882 bits per heavy atom. The number of rotatable bonds is 8. The molecule has 34 heavy (non-hydrogen) atoms. The lowest BCUT2D eigenvalue weighted by atomic mass is 10.1. The number of carbonyl (C=O) groups excluding carboxylic acids is 1. The van der Waals surface area contributed by atoms with Gasteiger partial charge in [-0.2, -0.15) is 0 Å². The van der Waals surface area contributed by atoms with Crippen LogP contribution in [0.4, 0.5) is 4.39 Å². The van der Waals surface area contributed by atoms with Gasteiger partial charge >= 0.3 is 0 Å². The summed E-state index contributed by atoms with van der Waals surface area (Å²) >= 11 is 11.5. The summed E-state index contributed by atoms with van der Waals surface area (Å²) in [5.74, 6) is 0.879. The van der Waals surface area contributed by atoms with Crippen molar-refractivity contribution in [2.24, 2.45) is 0 Å². The third-order valence-corrected chi connectivity index (χ3v) is 5.16. The summed E-state index contributed by atoms with van der Waals surface area (Å²) in [5, 5.41) is 7.90. The second-order valence-corrected chi connectivity index (χ2v) is 7.92. The Kier molecular flexibility index (Phi) is 7.52. The quantitative estimate of drug-likeness (QED) is 0.191. The van der Waals surface area contributed by atoms with Gasteiger partial charge < -0.3 is 9.47 Å². The molecule has 170 valence electrons. The minimum absolute atomic E-state index is 0.0480. The second kappa shape index (κ2) is 10.9. The summed E-state index contributed by atoms with van der Waals surface area (Å²) in [6.07, 6.45) is 3.22. The first-order valence-electron chi connectivity index (χ1n) is 10.1. The van der Waals surface area contributed by atoms with Gasteiger partial charge in [0.1, 0.15) is 23.9 Å². The normalized spacial score (nSPS) is 10.9. The van der Waals surface area contributed by atoms with Crippen molar-refractivity contribution in [2.45, 2.75) is 6.61 Å². The Labute approximate surface area is 205 Å². The number of ether oxygens (including phenoxy) is 2. The topological polar surface area (TPSA) is 61.3 Å². The van der Waals surface area contributed by atoms with Gasteiger partial charge in [0.05, 0.1) is 5.02 Å². The van der Waals surface area contributed by atoms with Crippen LogP contribution in [0.5, 0.6) is 17.4 Å². The number of ketones is 1. The summed E-state index contributed by atoms with van der Waals surface area (Å²) in [4.78, 5) is 12.5. The Morgan fingerprint density at radius 3 is 2.29 bits per heavy atom. The molecule has 0 aliphatic heterocycles. The fraction of sp³-hybridized carbons (Fsp3) is 0.0385. The third-order valence-electron chi connectivity index (χ3n) is 4.67. The van der Waals surface area contributed by atoms with E-state index >= 15 is 0 Å². The fourth-order valence-electron chi connectivity index (χ4n) is 2.91. The van der Waals surface area contributed by atoms with Crippen molar-refractivity contribution in [3.63, 3.8) is 0 Å². The van der Waals surface area contributed by atoms with Gasteiger partial charge in [0.2, 0.25) is 5.88 Å². The number of hydrogen-bond donors (Lipinski definition) is 0. The summed E-state index contributed by atoms with van der Waals surface area (Å²) in [6, 6.07) is 21.6. The van der Waals surface area contributed by atoms with Crippen LogP contribution < -0.4 is 9.47 Å². The van der Waals surface area contributed by atoms with Gasteiger partial charge in [-0.1, -0.05) is 47.5 Å². The lowest BCUT2D eigenvalue weighted by Gasteiger charge is -2.07. The van der Waals surface area contributed by atoms with E-state index in [0.29, 0.717) is 22.9 Å². The molecule has 3 aromatic carbocycles. The molecule has 0 saturated carbocycles. The van der Waals surface area contributed by atoms with Crippen molar-refractivity contribution >= 4 is 35.1 Å². The molecule has 0 amide bonds. The number of benzene rings is 3. The smallest absolute Gasteiger partial charge is 0.238 e. The molecule has 0 unspecified atom stereocenters. The van der Waals surface area contributed by atoms with Gasteiger partial charge in [-0.05, 0) is 71.8 Å². The minimum atomic E-state index is -0.474. The molecule has 0 fully saturated rings. The van der Waals surface area contributed by atoms with Crippen LogP contribution in [0.3, 0.4) is 0 Å². The molecular weight excluding hydrogens is 478 g/mol. The average Bonchev–Trinajstić information content (AvgIpc) is 2.86. The first kappa shape index (κ1) is 23.4. The SMILES string of the molecule is O=C(/C=C/c1ccc(Oc2ccc(Cl)nn2)cc1)c1ccc(OCc2ccc(F)c(Cl)c2)cc1. The molecule has 5 nitrogen and oxygen atoms in total. The molecule has 0 atom stereocenters. The van der Waals surface area contributed by atoms with Gasteiger partial charge in [0.25, 0.3) is 0 Å². The second-order valence-electron chi connectivity index (χ2n) is 7.12. The molecular formula is C26H17Cl2FN2O3. The molecule has 1 heterocycles. The van der Waals surface area contributed by atoms with Crippen molar-refractivity contribution in [3.8, 4) is 17.4 Å². The Morgan fingerprint density at radius 2 is 1.62 bits per heavy atom. The number of allylic oxidation sites excluding steroid dienone is 1. The molecule has 0 radical (unpaired) electrons. The van der Waals surface area contributed by atoms with Crippen LogP contribution in [0.1, 0.15) is 21.5 Å². The molecule has 8 heteroatoms. The van der Waals surface area contributed by atoms with E-state index in [1.165, 1.54) is 18.2 Å². The number of hydrogen-bond acceptors (Lipinski definition) is 5. The van der Waals surface area contributed by atoms with Crippen molar-refractivity contribution in [2.75, 3.05) is 0 Å². The number of carbonyl (C=O) groups is 1. The zero-order valence-corrected chi connectivity index (χ0v) is 19.1. The summed E-state index contributed by atoms with van der Waals surface area (Å²) in [7, 11) is 0. The van der Waals surface area contributed by atoms with E-state index in [-0.39, 0.29) is 22.6 Å². The molecule has 0 aliphatic carbocycles. The Bertz CT molecular complexity index is 1310. The van der Waals surface area contributed by atoms with Crippen LogP contribution in [0.2, 0.25) is 10.2 Å². The van der Waals surface area contributed by atoms with Crippen molar-refractivity contribution in [3.05, 3.63) is 118 Å². The molecule has 0 saturated heterocycles. The zero-order valence-electron chi connectivity index (χ0n) is 17.6. The van der Waals surface area contributed by atoms with Crippen molar-refractivity contribution in [1.82, 2.24) is 10.2 Å². The Hall–Kier alpha value is -3.74. The highest BCUT2D eigenvalue weighted by Crippen LogP contribution is 2.21. The molecule has 4 aromatic rings. The number of aromatic nitrogens is 2. The molecule has 0 N–H and O–H groups in total. The van der Waals surface area contributed by atoms with Crippen LogP contribution in [0.15, 0.2) is 84.9 Å². The van der Waals surface area contributed by atoms with Crippen LogP contribution >= 0.6 is 23.2 Å². The van der Waals surface area contributed by atoms with Gasteiger partial charge in [0.15, 0.2) is 10.9 Å². The van der Waals surface area contributed by atoms with E-state index in [0.717, 1.165) is 11.1 Å². The van der Waals surface area contributed by atoms with Crippen LogP contribution in [-0.2, 0) is 6.61 Å². The molecule has 0 spiro atoms. The van der Waals surface area contributed by atoms with Gasteiger partial charge in [-0.25, -0.2) is 4.39 Å².